The third-order valence-electron chi connectivity index (χ3n) is 3.24. The lowest BCUT2D eigenvalue weighted by molar-refractivity contribution is 0.292. The summed E-state index contributed by atoms with van der Waals surface area (Å²) in [6, 6.07) is 0.249. The van der Waals surface area contributed by atoms with E-state index in [1.54, 1.807) is 11.4 Å². The zero-order valence-electron chi connectivity index (χ0n) is 11.3. The number of hydrogen-bond acceptors (Lipinski definition) is 3. The number of rotatable bonds is 7. The summed E-state index contributed by atoms with van der Waals surface area (Å²) in [5, 5.41) is 2.92. The van der Waals surface area contributed by atoms with Crippen LogP contribution in [-0.4, -0.2) is 44.7 Å². The Balaban J connectivity index is 2.73. The normalized spacial score (nSPS) is 18.4. The van der Waals surface area contributed by atoms with E-state index in [0.717, 1.165) is 12.8 Å². The van der Waals surface area contributed by atoms with Crippen molar-refractivity contribution < 1.29 is 8.42 Å². The molecule has 5 heteroatoms. The first-order valence-corrected chi connectivity index (χ1v) is 8.22. The molecule has 0 aromatic heterocycles. The summed E-state index contributed by atoms with van der Waals surface area (Å²) in [7, 11) is -1.30. The largest absolute Gasteiger partial charge is 0.319 e. The first-order chi connectivity index (χ1) is 7.97. The Morgan fingerprint density at radius 3 is 2.35 bits per heavy atom. The number of nitrogens with one attached hydrogen (secondary N) is 1. The molecular formula is C12H26N2O2S. The molecule has 17 heavy (non-hydrogen) atoms. The van der Waals surface area contributed by atoms with Crippen LogP contribution in [0.1, 0.15) is 39.5 Å². The quantitative estimate of drug-likeness (QED) is 0.755. The highest BCUT2D eigenvalue weighted by Gasteiger charge is 2.31. The molecular weight excluding hydrogens is 236 g/mol. The van der Waals surface area contributed by atoms with Crippen molar-refractivity contribution in [2.24, 2.45) is 5.92 Å². The van der Waals surface area contributed by atoms with Crippen molar-refractivity contribution in [3.05, 3.63) is 0 Å². The maximum atomic E-state index is 12.3. The highest BCUT2D eigenvalue weighted by Crippen LogP contribution is 2.26. The maximum absolute atomic E-state index is 12.3. The van der Waals surface area contributed by atoms with Crippen molar-refractivity contribution in [3.8, 4) is 0 Å². The molecule has 0 bridgehead atoms. The average molecular weight is 262 g/mol. The highest BCUT2D eigenvalue weighted by atomic mass is 32.2. The third-order valence-corrected chi connectivity index (χ3v) is 5.13. The Morgan fingerprint density at radius 2 is 1.88 bits per heavy atom. The van der Waals surface area contributed by atoms with Crippen molar-refractivity contribution in [3.63, 3.8) is 0 Å². The van der Waals surface area contributed by atoms with Gasteiger partial charge in [-0.2, -0.15) is 4.31 Å². The van der Waals surface area contributed by atoms with Crippen LogP contribution in [0.25, 0.3) is 0 Å². The standard InChI is InChI=1S/C12H26N2O2S/c1-11(2)10-14(12-6-4-5-7-12)17(15,16)9-8-13-3/h11-13H,4-10H2,1-3H3. The van der Waals surface area contributed by atoms with Gasteiger partial charge < -0.3 is 5.32 Å². The van der Waals surface area contributed by atoms with Gasteiger partial charge in [-0.3, -0.25) is 0 Å². The van der Waals surface area contributed by atoms with Gasteiger partial charge in [0.05, 0.1) is 5.75 Å². The van der Waals surface area contributed by atoms with Gasteiger partial charge in [-0.25, -0.2) is 8.42 Å². The zero-order chi connectivity index (χ0) is 12.9. The second-order valence-corrected chi connectivity index (χ2v) is 7.36. The lowest BCUT2D eigenvalue weighted by Gasteiger charge is -2.29. The lowest BCUT2D eigenvalue weighted by atomic mass is 10.2. The minimum atomic E-state index is -3.09. The topological polar surface area (TPSA) is 49.4 Å². The average Bonchev–Trinajstić information content (AvgIpc) is 2.76. The van der Waals surface area contributed by atoms with Gasteiger partial charge in [0.15, 0.2) is 0 Å². The van der Waals surface area contributed by atoms with E-state index in [-0.39, 0.29) is 11.8 Å². The van der Waals surface area contributed by atoms with Gasteiger partial charge in [0.1, 0.15) is 0 Å². The second-order valence-electron chi connectivity index (χ2n) is 5.32. The molecule has 0 unspecified atom stereocenters. The first kappa shape index (κ1) is 14.9. The van der Waals surface area contributed by atoms with Crippen molar-refractivity contribution >= 4 is 10.0 Å². The Labute approximate surface area is 106 Å². The van der Waals surface area contributed by atoms with Gasteiger partial charge in [0.2, 0.25) is 10.0 Å². The highest BCUT2D eigenvalue weighted by molar-refractivity contribution is 7.89. The van der Waals surface area contributed by atoms with E-state index in [1.807, 2.05) is 0 Å². The van der Waals surface area contributed by atoms with Crippen LogP contribution in [0.2, 0.25) is 0 Å². The summed E-state index contributed by atoms with van der Waals surface area (Å²) in [5.41, 5.74) is 0. The second kappa shape index (κ2) is 6.71. The smallest absolute Gasteiger partial charge is 0.215 e. The molecule has 0 aromatic carbocycles. The predicted molar refractivity (Wildman–Crippen MR) is 71.5 cm³/mol. The lowest BCUT2D eigenvalue weighted by Crippen LogP contribution is -2.43. The van der Waals surface area contributed by atoms with Crippen molar-refractivity contribution in [2.75, 3.05) is 25.9 Å². The molecule has 1 aliphatic rings. The number of hydrogen-bond donors (Lipinski definition) is 1. The summed E-state index contributed by atoms with van der Waals surface area (Å²) in [4.78, 5) is 0. The van der Waals surface area contributed by atoms with Gasteiger partial charge >= 0.3 is 0 Å². The van der Waals surface area contributed by atoms with Crippen LogP contribution in [0.15, 0.2) is 0 Å². The molecule has 1 saturated carbocycles. The number of sulfonamides is 1. The Kier molecular flexibility index (Phi) is 5.89. The summed E-state index contributed by atoms with van der Waals surface area (Å²) < 4.78 is 26.4. The van der Waals surface area contributed by atoms with E-state index < -0.39 is 10.0 Å². The van der Waals surface area contributed by atoms with Crippen LogP contribution in [0, 0.1) is 5.92 Å². The van der Waals surface area contributed by atoms with Crippen LogP contribution < -0.4 is 5.32 Å². The van der Waals surface area contributed by atoms with E-state index in [0.29, 0.717) is 19.0 Å². The molecule has 0 aromatic rings. The molecule has 102 valence electrons. The van der Waals surface area contributed by atoms with Crippen LogP contribution in [0.3, 0.4) is 0 Å². The van der Waals surface area contributed by atoms with Crippen LogP contribution in [0.4, 0.5) is 0 Å². The van der Waals surface area contributed by atoms with E-state index >= 15 is 0 Å². The fourth-order valence-electron chi connectivity index (χ4n) is 2.39. The van der Waals surface area contributed by atoms with Crippen LogP contribution >= 0.6 is 0 Å². The SMILES string of the molecule is CNCCS(=O)(=O)N(CC(C)C)C1CCCC1. The maximum Gasteiger partial charge on any atom is 0.215 e. The van der Waals surface area contributed by atoms with Crippen molar-refractivity contribution in [2.45, 2.75) is 45.6 Å². The Hall–Kier alpha value is -0.130. The molecule has 0 radical (unpaired) electrons. The van der Waals surface area contributed by atoms with E-state index in [2.05, 4.69) is 19.2 Å². The molecule has 1 aliphatic carbocycles. The number of nitrogens with zero attached hydrogens (tertiary/aromatic N) is 1. The van der Waals surface area contributed by atoms with Gasteiger partial charge in [-0.05, 0) is 25.8 Å². The Morgan fingerprint density at radius 1 is 1.29 bits per heavy atom. The molecule has 0 heterocycles. The van der Waals surface area contributed by atoms with E-state index in [1.165, 1.54) is 12.8 Å². The van der Waals surface area contributed by atoms with Gasteiger partial charge in [0, 0.05) is 19.1 Å². The first-order valence-electron chi connectivity index (χ1n) is 6.61. The molecule has 1 fully saturated rings. The minimum Gasteiger partial charge on any atom is -0.319 e. The van der Waals surface area contributed by atoms with Crippen molar-refractivity contribution in [1.82, 2.24) is 9.62 Å². The summed E-state index contributed by atoms with van der Waals surface area (Å²) >= 11 is 0. The Bertz CT molecular complexity index is 308. The van der Waals surface area contributed by atoms with E-state index in [4.69, 9.17) is 0 Å². The van der Waals surface area contributed by atoms with Crippen LogP contribution in [-0.2, 0) is 10.0 Å². The van der Waals surface area contributed by atoms with Gasteiger partial charge in [-0.1, -0.05) is 26.7 Å². The van der Waals surface area contributed by atoms with Gasteiger partial charge in [-0.15, -0.1) is 0 Å². The van der Waals surface area contributed by atoms with Crippen molar-refractivity contribution in [1.29, 1.82) is 0 Å². The molecule has 1 N–H and O–H groups in total. The molecule has 0 aliphatic heterocycles. The molecule has 1 rings (SSSR count). The third kappa shape index (κ3) is 4.56. The summed E-state index contributed by atoms with van der Waals surface area (Å²) in [6.45, 7) is 5.35. The molecule has 0 amide bonds. The van der Waals surface area contributed by atoms with E-state index in [9.17, 15) is 8.42 Å². The monoisotopic (exact) mass is 262 g/mol. The molecule has 0 spiro atoms. The van der Waals surface area contributed by atoms with Gasteiger partial charge in [0.25, 0.3) is 0 Å². The fourth-order valence-corrected chi connectivity index (χ4v) is 4.28. The summed E-state index contributed by atoms with van der Waals surface area (Å²) in [6.07, 6.45) is 4.40. The molecule has 0 saturated heterocycles. The fraction of sp³-hybridized carbons (Fsp3) is 1.00. The predicted octanol–water partition coefficient (Wildman–Crippen LogP) is 1.44. The summed E-state index contributed by atoms with van der Waals surface area (Å²) in [5.74, 6) is 0.604. The minimum absolute atomic E-state index is 0.215. The molecule has 4 nitrogen and oxygen atoms in total. The van der Waals surface area contributed by atoms with Crippen LogP contribution in [0.5, 0.6) is 0 Å². The zero-order valence-corrected chi connectivity index (χ0v) is 12.1. The molecule has 0 atom stereocenters.